The number of rotatable bonds is 9. The minimum absolute atomic E-state index is 0.0339. The minimum Gasteiger partial charge on any atom is -0.494 e. The third-order valence-corrected chi connectivity index (χ3v) is 5.29. The highest BCUT2D eigenvalue weighted by Crippen LogP contribution is 2.36. The summed E-state index contributed by atoms with van der Waals surface area (Å²) in [5, 5.41) is 15.3. The van der Waals surface area contributed by atoms with Crippen LogP contribution in [0.1, 0.15) is 28.7 Å². The van der Waals surface area contributed by atoms with E-state index in [1.165, 1.54) is 6.20 Å². The number of hydrogen-bond acceptors (Lipinski definition) is 9. The molecule has 0 spiro atoms. The molecular weight excluding hydrogens is 448 g/mol. The topological polar surface area (TPSA) is 151 Å². The Kier molecular flexibility index (Phi) is 6.62. The number of methoxy groups -OCH3 is 1. The number of primary amides is 1. The summed E-state index contributed by atoms with van der Waals surface area (Å²) in [6.07, 6.45) is 3.00. The molecule has 4 aromatic rings. The fourth-order valence-electron chi connectivity index (χ4n) is 3.73. The molecule has 1 unspecified atom stereocenters. The van der Waals surface area contributed by atoms with Crippen molar-refractivity contribution in [3.63, 3.8) is 0 Å². The molecule has 4 N–H and O–H groups in total. The van der Waals surface area contributed by atoms with Gasteiger partial charge in [0.2, 0.25) is 5.95 Å². The van der Waals surface area contributed by atoms with Gasteiger partial charge >= 0.3 is 0 Å². The number of amides is 1. The zero-order valence-corrected chi connectivity index (χ0v) is 20.3. The molecule has 182 valence electrons. The Hall–Kier alpha value is -4.48. The van der Waals surface area contributed by atoms with Crippen LogP contribution in [-0.2, 0) is 13.6 Å². The van der Waals surface area contributed by atoms with E-state index in [1.807, 2.05) is 43.7 Å². The summed E-state index contributed by atoms with van der Waals surface area (Å²) in [7, 11) is 3.34. The zero-order chi connectivity index (χ0) is 25.1. The zero-order valence-electron chi connectivity index (χ0n) is 20.3. The number of nitrogens with one attached hydrogen (secondary N) is 2. The molecule has 1 amide bonds. The average Bonchev–Trinajstić information content (AvgIpc) is 3.37. The lowest BCUT2D eigenvalue weighted by molar-refractivity contribution is 0.100. The SMILES string of the molecule is COc1c(Nc2nc(NC(C)Cn3nc(C)cc3C)ncc2C(N)=O)cccc1-c1ncn(C)n1. The van der Waals surface area contributed by atoms with Crippen molar-refractivity contribution in [2.24, 2.45) is 12.8 Å². The van der Waals surface area contributed by atoms with Crippen LogP contribution in [0.3, 0.4) is 0 Å². The summed E-state index contributed by atoms with van der Waals surface area (Å²) in [4.78, 5) is 25.2. The first-order valence-electron chi connectivity index (χ1n) is 11.0. The van der Waals surface area contributed by atoms with Crippen molar-refractivity contribution in [3.05, 3.63) is 53.7 Å². The molecule has 1 aromatic carbocycles. The highest BCUT2D eigenvalue weighted by Gasteiger charge is 2.19. The van der Waals surface area contributed by atoms with Gasteiger partial charge in [0.05, 0.1) is 30.6 Å². The van der Waals surface area contributed by atoms with E-state index in [1.54, 1.807) is 31.2 Å². The third-order valence-electron chi connectivity index (χ3n) is 5.29. The molecule has 0 aliphatic heterocycles. The van der Waals surface area contributed by atoms with Gasteiger partial charge < -0.3 is 21.1 Å². The van der Waals surface area contributed by atoms with Gasteiger partial charge in [-0.25, -0.2) is 9.97 Å². The quantitative estimate of drug-likeness (QED) is 0.331. The highest BCUT2D eigenvalue weighted by atomic mass is 16.5. The first-order valence-corrected chi connectivity index (χ1v) is 11.0. The van der Waals surface area contributed by atoms with Crippen LogP contribution in [0.2, 0.25) is 0 Å². The molecule has 3 aromatic heterocycles. The standard InChI is InChI=1S/C23H28N10O2/c1-13-9-15(3)33(30-13)11-14(2)27-23-25-10-17(20(24)34)22(29-23)28-18-8-6-7-16(19(18)35-5)21-26-12-32(4)31-21/h6-10,12,14H,11H2,1-5H3,(H2,24,34)(H2,25,27,28,29). The van der Waals surface area contributed by atoms with Crippen LogP contribution in [-0.4, -0.2) is 53.6 Å². The number of nitrogens with zero attached hydrogens (tertiary/aromatic N) is 7. The van der Waals surface area contributed by atoms with Crippen molar-refractivity contribution in [3.8, 4) is 17.1 Å². The number of ether oxygens (including phenoxy) is 1. The van der Waals surface area contributed by atoms with Gasteiger partial charge in [-0.3, -0.25) is 14.2 Å². The van der Waals surface area contributed by atoms with Gasteiger partial charge in [0.25, 0.3) is 5.91 Å². The number of aryl methyl sites for hydroxylation is 3. The summed E-state index contributed by atoms with van der Waals surface area (Å²) >= 11 is 0. The number of anilines is 3. The Balaban J connectivity index is 1.62. The molecule has 0 bridgehead atoms. The van der Waals surface area contributed by atoms with E-state index in [9.17, 15) is 4.79 Å². The van der Waals surface area contributed by atoms with E-state index < -0.39 is 5.91 Å². The Labute approximate surface area is 202 Å². The van der Waals surface area contributed by atoms with Crippen molar-refractivity contribution >= 4 is 23.4 Å². The van der Waals surface area contributed by atoms with E-state index in [4.69, 9.17) is 10.5 Å². The maximum absolute atomic E-state index is 12.1. The van der Waals surface area contributed by atoms with Gasteiger partial charge in [-0.05, 0) is 39.0 Å². The van der Waals surface area contributed by atoms with Crippen LogP contribution in [0.15, 0.2) is 36.8 Å². The molecule has 0 aliphatic rings. The first kappa shape index (κ1) is 23.7. The van der Waals surface area contributed by atoms with Gasteiger partial charge in [-0.15, -0.1) is 0 Å². The molecule has 0 saturated heterocycles. The lowest BCUT2D eigenvalue weighted by Crippen LogP contribution is -2.25. The largest absolute Gasteiger partial charge is 0.494 e. The summed E-state index contributed by atoms with van der Waals surface area (Å²) in [5.41, 5.74) is 9.01. The molecule has 0 saturated carbocycles. The Bertz CT molecular complexity index is 1360. The average molecular weight is 477 g/mol. The predicted molar refractivity (Wildman–Crippen MR) is 132 cm³/mol. The van der Waals surface area contributed by atoms with Crippen molar-refractivity contribution in [1.29, 1.82) is 0 Å². The number of carbonyl (C=O) groups is 1. The Morgan fingerprint density at radius 3 is 2.66 bits per heavy atom. The lowest BCUT2D eigenvalue weighted by Gasteiger charge is -2.18. The fourth-order valence-corrected chi connectivity index (χ4v) is 3.73. The molecule has 12 nitrogen and oxygen atoms in total. The molecular formula is C23H28N10O2. The smallest absolute Gasteiger partial charge is 0.254 e. The van der Waals surface area contributed by atoms with Crippen molar-refractivity contribution in [2.75, 3.05) is 17.7 Å². The van der Waals surface area contributed by atoms with Gasteiger partial charge in [-0.1, -0.05) is 6.07 Å². The normalized spacial score (nSPS) is 11.8. The molecule has 35 heavy (non-hydrogen) atoms. The van der Waals surface area contributed by atoms with Crippen LogP contribution in [0.25, 0.3) is 11.4 Å². The number of para-hydroxylation sites is 1. The van der Waals surface area contributed by atoms with E-state index in [0.29, 0.717) is 35.3 Å². The molecule has 1 atom stereocenters. The monoisotopic (exact) mass is 476 g/mol. The molecule has 12 heteroatoms. The summed E-state index contributed by atoms with van der Waals surface area (Å²) < 4.78 is 9.18. The molecule has 0 aliphatic carbocycles. The van der Waals surface area contributed by atoms with Crippen molar-refractivity contribution < 1.29 is 9.53 Å². The second-order valence-corrected chi connectivity index (χ2v) is 8.23. The predicted octanol–water partition coefficient (Wildman–Crippen LogP) is 2.44. The minimum atomic E-state index is -0.656. The van der Waals surface area contributed by atoms with E-state index in [2.05, 4.69) is 35.8 Å². The number of aromatic nitrogens is 7. The Morgan fingerprint density at radius 2 is 2.03 bits per heavy atom. The molecule has 3 heterocycles. The molecule has 0 fully saturated rings. The second kappa shape index (κ2) is 9.79. The van der Waals surface area contributed by atoms with Crippen molar-refractivity contribution in [2.45, 2.75) is 33.4 Å². The highest BCUT2D eigenvalue weighted by molar-refractivity contribution is 5.98. The number of hydrogen-bond donors (Lipinski definition) is 3. The van der Waals surface area contributed by atoms with Crippen LogP contribution >= 0.6 is 0 Å². The van der Waals surface area contributed by atoms with Crippen LogP contribution < -0.4 is 21.1 Å². The maximum atomic E-state index is 12.1. The first-order chi connectivity index (χ1) is 16.7. The number of nitrogens with two attached hydrogens (primary N) is 1. The Morgan fingerprint density at radius 1 is 1.23 bits per heavy atom. The lowest BCUT2D eigenvalue weighted by atomic mass is 10.1. The summed E-state index contributed by atoms with van der Waals surface area (Å²) in [5.74, 6) is 0.938. The van der Waals surface area contributed by atoms with Gasteiger partial charge in [-0.2, -0.15) is 15.2 Å². The van der Waals surface area contributed by atoms with Gasteiger partial charge in [0.1, 0.15) is 17.7 Å². The van der Waals surface area contributed by atoms with E-state index in [-0.39, 0.29) is 17.4 Å². The van der Waals surface area contributed by atoms with Crippen LogP contribution in [0, 0.1) is 13.8 Å². The van der Waals surface area contributed by atoms with Crippen LogP contribution in [0.4, 0.5) is 17.5 Å². The third kappa shape index (κ3) is 5.21. The molecule has 4 rings (SSSR count). The number of carbonyl (C=O) groups excluding carboxylic acids is 1. The van der Waals surface area contributed by atoms with Crippen LogP contribution in [0.5, 0.6) is 5.75 Å². The number of benzene rings is 1. The second-order valence-electron chi connectivity index (χ2n) is 8.23. The maximum Gasteiger partial charge on any atom is 0.254 e. The van der Waals surface area contributed by atoms with Gasteiger partial charge in [0.15, 0.2) is 11.6 Å². The van der Waals surface area contributed by atoms with Crippen molar-refractivity contribution in [1.82, 2.24) is 34.5 Å². The summed E-state index contributed by atoms with van der Waals surface area (Å²) in [6.45, 7) is 6.59. The fraction of sp³-hybridized carbons (Fsp3) is 0.304. The van der Waals surface area contributed by atoms with E-state index >= 15 is 0 Å². The molecule has 0 radical (unpaired) electrons. The summed E-state index contributed by atoms with van der Waals surface area (Å²) in [6, 6.07) is 7.47. The van der Waals surface area contributed by atoms with E-state index in [0.717, 1.165) is 11.4 Å². The van der Waals surface area contributed by atoms with Gasteiger partial charge in [0, 0.05) is 25.0 Å².